The summed E-state index contributed by atoms with van der Waals surface area (Å²) in [5.74, 6) is -1.57. The van der Waals surface area contributed by atoms with E-state index in [0.717, 1.165) is 154 Å². The molecule has 0 radical (unpaired) electrons. The summed E-state index contributed by atoms with van der Waals surface area (Å²) < 4.78 is 61.4. The lowest BCUT2D eigenvalue weighted by Crippen LogP contribution is -2.30. The van der Waals surface area contributed by atoms with Gasteiger partial charge in [0.05, 0.1) is 26.4 Å². The number of esters is 3. The summed E-state index contributed by atoms with van der Waals surface area (Å²) in [7, 11) is -9.80. The number of unbranched alkanes of at least 4 members (excludes halogenated alkanes) is 39. The molecule has 640 valence electrons. The van der Waals surface area contributed by atoms with Crippen LogP contribution in [0.5, 0.6) is 0 Å². The van der Waals surface area contributed by atoms with Crippen molar-refractivity contribution in [3.8, 4) is 0 Å². The molecular weight excluding hydrogens is 1430 g/mol. The summed E-state index contributed by atoms with van der Waals surface area (Å²) in [4.78, 5) is 58.9. The first-order valence-electron chi connectivity index (χ1n) is 44.5. The molecule has 0 aromatic carbocycles. The molecule has 0 aliphatic carbocycles. The Balaban J connectivity index is 4.48. The summed E-state index contributed by atoms with van der Waals surface area (Å²) in [5, 5.41) is 20.7. The predicted molar refractivity (Wildman–Crippen MR) is 463 cm³/mol. The first kappa shape index (κ1) is 107. The third kappa shape index (κ3) is 86.4. The normalized spacial score (nSPS) is 14.5. The van der Waals surface area contributed by atoms with E-state index in [-0.39, 0.29) is 19.3 Å². The van der Waals surface area contributed by atoms with E-state index >= 15 is 0 Å². The average molecular weight is 1600 g/mol. The van der Waals surface area contributed by atoms with Gasteiger partial charge >= 0.3 is 33.6 Å². The van der Waals surface area contributed by atoms with Crippen LogP contribution in [0.2, 0.25) is 0 Å². The smallest absolute Gasteiger partial charge is 0.463 e. The zero-order valence-corrected chi connectivity index (χ0v) is 72.1. The van der Waals surface area contributed by atoms with Gasteiger partial charge in [-0.25, -0.2) is 9.13 Å². The van der Waals surface area contributed by atoms with Crippen molar-refractivity contribution < 1.29 is 75.8 Å². The number of carbonyl (C=O) groups excluding carboxylic acids is 3. The van der Waals surface area contributed by atoms with Crippen molar-refractivity contribution in [3.63, 3.8) is 0 Å². The van der Waals surface area contributed by atoms with Gasteiger partial charge in [0.2, 0.25) is 0 Å². The Morgan fingerprint density at radius 2 is 0.477 bits per heavy atom. The number of carbonyl (C=O) groups is 3. The number of hydrogen-bond donors (Lipinski definition) is 4. The Morgan fingerprint density at radius 1 is 0.261 bits per heavy atom. The standard InChI is InChI=1S/C93H162O16P2/c1-4-7-10-13-16-19-22-25-28-30-32-34-36-38-40-42-43-45-47-48-50-52-54-56-59-61-64-67-70-73-76-79-91(96)103-82-88(94)83-105-110(99,100)106-84-89(95)85-107-111(101,102)108-87-90(109-93(98)81-78-75-72-69-66-63-58-27-24-21-18-15-12-9-6-3)86-104-92(97)80-77-74-71-68-65-62-60-57-55-53-51-49-46-44-41-39-37-35-33-31-29-26-23-20-17-14-11-8-5-2/h7-8,10-11,16-17,19-20,25-29,32-35,38-41,58,88-90,94-95H,4-6,9,12-15,18,21-24,30-31,36-37,42-57,59-87H2,1-3H3,(H,99,100)(H,101,102)/b10-7-,11-8-,19-16-,20-17-,28-25-,29-26-,34-32-,35-33-,40-38-,41-39-,58-27-. The molecule has 111 heavy (non-hydrogen) atoms. The fraction of sp³-hybridized carbons (Fsp3) is 0.731. The number of aliphatic hydroxyl groups excluding tert-OH is 2. The van der Waals surface area contributed by atoms with E-state index in [1.807, 2.05) is 0 Å². The first-order valence-corrected chi connectivity index (χ1v) is 47.5. The second-order valence-electron chi connectivity index (χ2n) is 29.6. The van der Waals surface area contributed by atoms with E-state index in [0.29, 0.717) is 19.3 Å². The maximum Gasteiger partial charge on any atom is 0.472 e. The molecule has 0 bridgehead atoms. The summed E-state index contributed by atoms with van der Waals surface area (Å²) >= 11 is 0. The van der Waals surface area contributed by atoms with Gasteiger partial charge in [-0.3, -0.25) is 32.5 Å². The fourth-order valence-corrected chi connectivity index (χ4v) is 13.7. The zero-order chi connectivity index (χ0) is 80.8. The van der Waals surface area contributed by atoms with Crippen molar-refractivity contribution in [1.82, 2.24) is 0 Å². The van der Waals surface area contributed by atoms with E-state index in [2.05, 4.69) is 154 Å². The van der Waals surface area contributed by atoms with E-state index in [1.54, 1.807) is 0 Å². The molecule has 4 N–H and O–H groups in total. The second kappa shape index (κ2) is 85.1. The SMILES string of the molecule is CC/C=C\C/C=C\C/C=C\C/C=C\C/C=C\CCCCCCCCCCCCCCCCCC(=O)OCC(O)COP(=O)(O)OCC(O)COP(=O)(O)OCC(COC(=O)CCCCCCCCCCCCCCC/C=C\C/C=C\C/C=C\C/C=C\C/C=C\CC)OC(=O)CCCCCCC/C=C\CCCCCCCC. The van der Waals surface area contributed by atoms with Crippen molar-refractivity contribution in [2.75, 3.05) is 39.6 Å². The molecule has 0 heterocycles. The second-order valence-corrected chi connectivity index (χ2v) is 32.5. The summed E-state index contributed by atoms with van der Waals surface area (Å²) in [6, 6.07) is 0. The zero-order valence-electron chi connectivity index (χ0n) is 70.4. The van der Waals surface area contributed by atoms with Crippen molar-refractivity contribution >= 4 is 33.6 Å². The number of hydrogen-bond acceptors (Lipinski definition) is 14. The lowest BCUT2D eigenvalue weighted by Gasteiger charge is -2.21. The fourth-order valence-electron chi connectivity index (χ4n) is 12.2. The molecule has 0 aliphatic rings. The topological polar surface area (TPSA) is 231 Å². The van der Waals surface area contributed by atoms with Gasteiger partial charge in [-0.2, -0.15) is 0 Å². The van der Waals surface area contributed by atoms with Gasteiger partial charge in [0.25, 0.3) is 0 Å². The minimum atomic E-state index is -4.94. The molecular formula is C93H162O16P2. The molecule has 0 saturated carbocycles. The number of ether oxygens (including phenoxy) is 3. The van der Waals surface area contributed by atoms with E-state index in [1.165, 1.54) is 167 Å². The first-order chi connectivity index (χ1) is 54.2. The Morgan fingerprint density at radius 3 is 0.766 bits per heavy atom. The van der Waals surface area contributed by atoms with Crippen LogP contribution < -0.4 is 0 Å². The number of phosphoric acid groups is 2. The Labute approximate surface area is 677 Å². The molecule has 0 rings (SSSR count). The van der Waals surface area contributed by atoms with Gasteiger partial charge in [-0.1, -0.05) is 360 Å². The minimum absolute atomic E-state index is 0.0947. The van der Waals surface area contributed by atoms with Crippen molar-refractivity contribution in [1.29, 1.82) is 0 Å². The molecule has 5 atom stereocenters. The van der Waals surface area contributed by atoms with Crippen LogP contribution in [-0.4, -0.2) is 95.9 Å². The van der Waals surface area contributed by atoms with Gasteiger partial charge in [0, 0.05) is 19.3 Å². The average Bonchev–Trinajstić information content (AvgIpc) is 0.908. The largest absolute Gasteiger partial charge is 0.472 e. The van der Waals surface area contributed by atoms with Crippen LogP contribution >= 0.6 is 15.6 Å². The Bertz CT molecular complexity index is 2550. The van der Waals surface area contributed by atoms with Crippen LogP contribution in [0.1, 0.15) is 380 Å². The molecule has 0 aliphatic heterocycles. The number of phosphoric ester groups is 2. The van der Waals surface area contributed by atoms with Gasteiger partial charge in [-0.15, -0.1) is 0 Å². The minimum Gasteiger partial charge on any atom is -0.463 e. The monoisotopic (exact) mass is 1600 g/mol. The summed E-state index contributed by atoms with van der Waals surface area (Å²) in [6.45, 7) is 2.49. The van der Waals surface area contributed by atoms with Crippen molar-refractivity contribution in [2.45, 2.75) is 399 Å². The third-order valence-corrected chi connectivity index (χ3v) is 20.7. The highest BCUT2D eigenvalue weighted by Gasteiger charge is 2.29. The van der Waals surface area contributed by atoms with Crippen LogP contribution in [0.15, 0.2) is 134 Å². The van der Waals surface area contributed by atoms with Gasteiger partial charge in [0.15, 0.2) is 6.10 Å². The molecule has 0 aromatic rings. The Hall–Kier alpha value is -4.31. The number of aliphatic hydroxyl groups is 2. The van der Waals surface area contributed by atoms with E-state index in [9.17, 15) is 43.5 Å². The molecule has 0 fully saturated rings. The lowest BCUT2D eigenvalue weighted by molar-refractivity contribution is -0.161. The maximum atomic E-state index is 13.0. The van der Waals surface area contributed by atoms with Gasteiger partial charge in [-0.05, 0) is 135 Å². The quantitative estimate of drug-likeness (QED) is 0.0146. The van der Waals surface area contributed by atoms with Crippen molar-refractivity contribution in [3.05, 3.63) is 134 Å². The van der Waals surface area contributed by atoms with E-state index in [4.69, 9.17) is 32.3 Å². The van der Waals surface area contributed by atoms with Crippen LogP contribution in [0.4, 0.5) is 0 Å². The summed E-state index contributed by atoms with van der Waals surface area (Å²) in [6.07, 6.45) is 105. The maximum absolute atomic E-state index is 13.0. The highest BCUT2D eigenvalue weighted by Crippen LogP contribution is 2.45. The number of allylic oxidation sites excluding steroid dienone is 22. The summed E-state index contributed by atoms with van der Waals surface area (Å²) in [5.41, 5.74) is 0. The predicted octanol–water partition coefficient (Wildman–Crippen LogP) is 27.0. The van der Waals surface area contributed by atoms with Gasteiger partial charge < -0.3 is 34.2 Å². The number of rotatable bonds is 84. The molecule has 0 saturated heterocycles. The molecule has 0 spiro atoms. The third-order valence-electron chi connectivity index (χ3n) is 18.8. The highest BCUT2D eigenvalue weighted by molar-refractivity contribution is 7.47. The molecule has 5 unspecified atom stereocenters. The van der Waals surface area contributed by atoms with Crippen LogP contribution in [-0.2, 0) is 55.8 Å². The Kier molecular flexibility index (Phi) is 81.8. The molecule has 18 heteroatoms. The van der Waals surface area contributed by atoms with Crippen molar-refractivity contribution in [2.24, 2.45) is 0 Å². The lowest BCUT2D eigenvalue weighted by atomic mass is 10.0. The molecule has 0 aromatic heterocycles. The molecule has 16 nitrogen and oxygen atoms in total. The van der Waals surface area contributed by atoms with Crippen LogP contribution in [0, 0.1) is 0 Å². The van der Waals surface area contributed by atoms with Crippen LogP contribution in [0.25, 0.3) is 0 Å². The van der Waals surface area contributed by atoms with Gasteiger partial charge in [0.1, 0.15) is 25.4 Å². The highest BCUT2D eigenvalue weighted by atomic mass is 31.2. The molecule has 0 amide bonds. The van der Waals surface area contributed by atoms with Crippen LogP contribution in [0.3, 0.4) is 0 Å². The van der Waals surface area contributed by atoms with E-state index < -0.39 is 91.5 Å².